The summed E-state index contributed by atoms with van der Waals surface area (Å²) >= 11 is 0. The molecule has 1 saturated heterocycles. The Labute approximate surface area is 145 Å². The molecule has 1 N–H and O–H groups in total. The molecule has 1 aliphatic rings. The van der Waals surface area contributed by atoms with Gasteiger partial charge in [0.05, 0.1) is 11.1 Å². The zero-order chi connectivity index (χ0) is 18.0. The minimum Gasteiger partial charge on any atom is -0.478 e. The van der Waals surface area contributed by atoms with Crippen LogP contribution in [0.1, 0.15) is 45.0 Å². The Balaban J connectivity index is 1.79. The molecule has 6 nitrogen and oxygen atoms in total. The SMILES string of the molecule is Cn1cc(C(=O)N2CCC[C@@H](c3cccc(C(=O)O)c3)C2)ccc1=O. The van der Waals surface area contributed by atoms with E-state index in [0.717, 1.165) is 18.4 Å². The summed E-state index contributed by atoms with van der Waals surface area (Å²) in [4.78, 5) is 37.2. The van der Waals surface area contributed by atoms with E-state index in [2.05, 4.69) is 0 Å². The second kappa shape index (κ2) is 6.93. The molecule has 130 valence electrons. The van der Waals surface area contributed by atoms with Crippen LogP contribution in [-0.2, 0) is 7.05 Å². The van der Waals surface area contributed by atoms with Crippen molar-refractivity contribution in [1.29, 1.82) is 0 Å². The molecule has 25 heavy (non-hydrogen) atoms. The molecule has 0 unspecified atom stereocenters. The molecular formula is C19H20N2O4. The van der Waals surface area contributed by atoms with Crippen LogP contribution in [0.2, 0.25) is 0 Å². The van der Waals surface area contributed by atoms with Gasteiger partial charge in [0.2, 0.25) is 5.56 Å². The van der Waals surface area contributed by atoms with Crippen LogP contribution in [0.15, 0.2) is 47.4 Å². The number of piperidine rings is 1. The van der Waals surface area contributed by atoms with Crippen molar-refractivity contribution < 1.29 is 14.7 Å². The molecule has 0 saturated carbocycles. The number of aromatic carboxylic acids is 1. The summed E-state index contributed by atoms with van der Waals surface area (Å²) in [6.07, 6.45) is 3.33. The summed E-state index contributed by atoms with van der Waals surface area (Å²) in [5.41, 5.74) is 1.54. The smallest absolute Gasteiger partial charge is 0.335 e. The summed E-state index contributed by atoms with van der Waals surface area (Å²) in [6.45, 7) is 1.21. The van der Waals surface area contributed by atoms with E-state index in [-0.39, 0.29) is 22.9 Å². The van der Waals surface area contributed by atoms with Crippen molar-refractivity contribution in [3.8, 4) is 0 Å². The summed E-state index contributed by atoms with van der Waals surface area (Å²) in [6, 6.07) is 9.86. The normalized spacial score (nSPS) is 17.3. The first-order valence-corrected chi connectivity index (χ1v) is 8.25. The number of likely N-dealkylation sites (tertiary alicyclic amines) is 1. The number of aryl methyl sites for hydroxylation is 1. The van der Waals surface area contributed by atoms with Gasteiger partial charge in [0.15, 0.2) is 0 Å². The zero-order valence-corrected chi connectivity index (χ0v) is 14.0. The van der Waals surface area contributed by atoms with Gasteiger partial charge in [0.25, 0.3) is 5.91 Å². The quantitative estimate of drug-likeness (QED) is 0.928. The van der Waals surface area contributed by atoms with Crippen LogP contribution in [0.3, 0.4) is 0 Å². The third kappa shape index (κ3) is 3.63. The minimum absolute atomic E-state index is 0.102. The van der Waals surface area contributed by atoms with E-state index < -0.39 is 5.97 Å². The average molecular weight is 340 g/mol. The maximum Gasteiger partial charge on any atom is 0.335 e. The molecule has 1 aliphatic heterocycles. The predicted octanol–water partition coefficient (Wildman–Crippen LogP) is 2.10. The molecular weight excluding hydrogens is 320 g/mol. The number of hydrogen-bond donors (Lipinski definition) is 1. The van der Waals surface area contributed by atoms with E-state index in [4.69, 9.17) is 5.11 Å². The summed E-state index contributed by atoms with van der Waals surface area (Å²) < 4.78 is 1.39. The minimum atomic E-state index is -0.948. The van der Waals surface area contributed by atoms with Crippen LogP contribution in [0.5, 0.6) is 0 Å². The Morgan fingerprint density at radius 1 is 1.16 bits per heavy atom. The fourth-order valence-electron chi connectivity index (χ4n) is 3.26. The van der Waals surface area contributed by atoms with Crippen LogP contribution in [-0.4, -0.2) is 39.5 Å². The molecule has 0 spiro atoms. The number of nitrogens with zero attached hydrogens (tertiary/aromatic N) is 2. The molecule has 1 amide bonds. The molecule has 1 aromatic carbocycles. The fourth-order valence-corrected chi connectivity index (χ4v) is 3.26. The Kier molecular flexibility index (Phi) is 4.70. The van der Waals surface area contributed by atoms with E-state index in [9.17, 15) is 14.4 Å². The zero-order valence-electron chi connectivity index (χ0n) is 14.0. The largest absolute Gasteiger partial charge is 0.478 e. The van der Waals surface area contributed by atoms with Crippen LogP contribution in [0, 0.1) is 0 Å². The Morgan fingerprint density at radius 3 is 2.68 bits per heavy atom. The van der Waals surface area contributed by atoms with Crippen molar-refractivity contribution in [3.05, 3.63) is 69.6 Å². The highest BCUT2D eigenvalue weighted by molar-refractivity contribution is 5.94. The first kappa shape index (κ1) is 17.0. The molecule has 2 aromatic rings. The first-order valence-electron chi connectivity index (χ1n) is 8.25. The number of carbonyl (C=O) groups excluding carboxylic acids is 1. The number of benzene rings is 1. The maximum atomic E-state index is 12.7. The number of hydrogen-bond acceptors (Lipinski definition) is 3. The maximum absolute atomic E-state index is 12.7. The van der Waals surface area contributed by atoms with Gasteiger partial charge < -0.3 is 14.6 Å². The van der Waals surface area contributed by atoms with Gasteiger partial charge in [-0.2, -0.15) is 0 Å². The molecule has 1 fully saturated rings. The van der Waals surface area contributed by atoms with Gasteiger partial charge in [0, 0.05) is 38.3 Å². The molecule has 0 aliphatic carbocycles. The van der Waals surface area contributed by atoms with E-state index >= 15 is 0 Å². The standard InChI is InChI=1S/C19H20N2O4/c1-20-11-16(7-8-17(20)22)18(23)21-9-3-6-15(12-21)13-4-2-5-14(10-13)19(24)25/h2,4-5,7-8,10-11,15H,3,6,9,12H2,1H3,(H,24,25)/t15-/m1/s1. The fraction of sp³-hybridized carbons (Fsp3) is 0.316. The average Bonchev–Trinajstić information content (AvgIpc) is 2.63. The lowest BCUT2D eigenvalue weighted by Gasteiger charge is -2.33. The predicted molar refractivity (Wildman–Crippen MR) is 93.0 cm³/mol. The second-order valence-corrected chi connectivity index (χ2v) is 6.39. The van der Waals surface area contributed by atoms with Crippen LogP contribution in [0.4, 0.5) is 0 Å². The number of amides is 1. The summed E-state index contributed by atoms with van der Waals surface area (Å²) in [7, 11) is 1.62. The van der Waals surface area contributed by atoms with Crippen molar-refractivity contribution in [3.63, 3.8) is 0 Å². The highest BCUT2D eigenvalue weighted by Crippen LogP contribution is 2.28. The monoisotopic (exact) mass is 340 g/mol. The number of pyridine rings is 1. The molecule has 1 atom stereocenters. The second-order valence-electron chi connectivity index (χ2n) is 6.39. The number of carboxylic acids is 1. The van der Waals surface area contributed by atoms with Gasteiger partial charge in [0.1, 0.15) is 0 Å². The first-order chi connectivity index (χ1) is 12.0. The van der Waals surface area contributed by atoms with Gasteiger partial charge in [-0.3, -0.25) is 9.59 Å². The molecule has 1 aromatic heterocycles. The number of aromatic nitrogens is 1. The number of rotatable bonds is 3. The van der Waals surface area contributed by atoms with Gasteiger partial charge in [-0.15, -0.1) is 0 Å². The van der Waals surface area contributed by atoms with Gasteiger partial charge in [-0.1, -0.05) is 12.1 Å². The van der Waals surface area contributed by atoms with Crippen LogP contribution >= 0.6 is 0 Å². The Morgan fingerprint density at radius 2 is 1.96 bits per heavy atom. The van der Waals surface area contributed by atoms with Crippen molar-refractivity contribution in [2.24, 2.45) is 7.05 Å². The molecule has 3 rings (SSSR count). The van der Waals surface area contributed by atoms with Crippen molar-refractivity contribution in [2.45, 2.75) is 18.8 Å². The van der Waals surface area contributed by atoms with Crippen molar-refractivity contribution in [2.75, 3.05) is 13.1 Å². The molecule has 6 heteroatoms. The lowest BCUT2D eigenvalue weighted by Crippen LogP contribution is -2.39. The van der Waals surface area contributed by atoms with Crippen molar-refractivity contribution >= 4 is 11.9 Å². The van der Waals surface area contributed by atoms with Crippen LogP contribution in [0.25, 0.3) is 0 Å². The van der Waals surface area contributed by atoms with Gasteiger partial charge in [-0.05, 0) is 36.6 Å². The third-order valence-corrected chi connectivity index (χ3v) is 4.65. The number of carboxylic acid groups (broad SMARTS) is 1. The van der Waals surface area contributed by atoms with E-state index in [1.807, 2.05) is 6.07 Å². The highest BCUT2D eigenvalue weighted by Gasteiger charge is 2.26. The number of carbonyl (C=O) groups is 2. The Bertz CT molecular complexity index is 872. The van der Waals surface area contributed by atoms with E-state index in [1.165, 1.54) is 10.6 Å². The topological polar surface area (TPSA) is 79.6 Å². The lowest BCUT2D eigenvalue weighted by atomic mass is 9.89. The van der Waals surface area contributed by atoms with Crippen LogP contribution < -0.4 is 5.56 Å². The van der Waals surface area contributed by atoms with Gasteiger partial charge >= 0.3 is 5.97 Å². The summed E-state index contributed by atoms with van der Waals surface area (Å²) in [5, 5.41) is 9.15. The third-order valence-electron chi connectivity index (χ3n) is 4.65. The Hall–Kier alpha value is -2.89. The molecule has 0 radical (unpaired) electrons. The highest BCUT2D eigenvalue weighted by atomic mass is 16.4. The van der Waals surface area contributed by atoms with E-state index in [0.29, 0.717) is 18.7 Å². The van der Waals surface area contributed by atoms with Gasteiger partial charge in [-0.25, -0.2) is 4.79 Å². The summed E-state index contributed by atoms with van der Waals surface area (Å²) in [5.74, 6) is -0.935. The van der Waals surface area contributed by atoms with E-state index in [1.54, 1.807) is 42.4 Å². The van der Waals surface area contributed by atoms with Crippen molar-refractivity contribution in [1.82, 2.24) is 9.47 Å². The molecule has 2 heterocycles. The molecule has 0 bridgehead atoms. The lowest BCUT2D eigenvalue weighted by molar-refractivity contribution is 0.0687.